The fraction of sp³-hybridized carbons (Fsp3) is 0.0556. The van der Waals surface area contributed by atoms with Gasteiger partial charge in [0.15, 0.2) is 0 Å². The monoisotopic (exact) mass is 383 g/mol. The minimum atomic E-state index is -4.39. The number of hydrogen-bond acceptors (Lipinski definition) is 3. The van der Waals surface area contributed by atoms with Crippen LogP contribution in [0.1, 0.15) is 10.4 Å². The molecule has 132 valence electrons. The quantitative estimate of drug-likeness (QED) is 0.540. The number of rotatable bonds is 3. The molecular formula is C18H10B2F3NO2S. The highest BCUT2D eigenvalue weighted by atomic mass is 32.2. The summed E-state index contributed by atoms with van der Waals surface area (Å²) in [5.41, 5.74) is -3.68. The number of phenols is 1. The Bertz CT molecular complexity index is 1020. The molecule has 0 aliphatic rings. The van der Waals surface area contributed by atoms with Crippen LogP contribution < -0.4 is 16.2 Å². The average Bonchev–Trinajstić information content (AvgIpc) is 2.58. The molecule has 0 spiro atoms. The van der Waals surface area contributed by atoms with Gasteiger partial charge in [-0.15, -0.1) is 0 Å². The maximum Gasteiger partial charge on any atom is 0.446 e. The zero-order valence-corrected chi connectivity index (χ0v) is 14.5. The third-order valence-electron chi connectivity index (χ3n) is 3.77. The predicted octanol–water partition coefficient (Wildman–Crippen LogP) is 3.00. The van der Waals surface area contributed by atoms with Gasteiger partial charge < -0.3 is 10.4 Å². The van der Waals surface area contributed by atoms with Crippen molar-refractivity contribution in [2.45, 2.75) is 10.4 Å². The minimum absolute atomic E-state index is 0.00577. The van der Waals surface area contributed by atoms with E-state index in [4.69, 9.17) is 15.7 Å². The van der Waals surface area contributed by atoms with E-state index < -0.39 is 11.4 Å². The van der Waals surface area contributed by atoms with E-state index in [1.54, 1.807) is 18.2 Å². The standard InChI is InChI=1S/C18H10B2F3NO2S/c19-10-1-6-13-9(7-10)8-14(16(25)15(13)20)17(26)24-11-2-4-12(5-3-11)27-18(21,22)23/h1-8,25H,(H,24,26). The Morgan fingerprint density at radius 1 is 1.04 bits per heavy atom. The van der Waals surface area contributed by atoms with Crippen LogP contribution in [-0.4, -0.2) is 32.2 Å². The maximum absolute atomic E-state index is 12.5. The summed E-state index contributed by atoms with van der Waals surface area (Å²) in [4.78, 5) is 12.5. The fourth-order valence-electron chi connectivity index (χ4n) is 2.55. The number of hydrogen-bond donors (Lipinski definition) is 2. The topological polar surface area (TPSA) is 49.3 Å². The van der Waals surface area contributed by atoms with E-state index in [0.717, 1.165) is 0 Å². The van der Waals surface area contributed by atoms with E-state index >= 15 is 0 Å². The Morgan fingerprint density at radius 3 is 2.33 bits per heavy atom. The molecule has 0 unspecified atom stereocenters. The van der Waals surface area contributed by atoms with Gasteiger partial charge in [-0.25, -0.2) is 0 Å². The van der Waals surface area contributed by atoms with Gasteiger partial charge in [0.1, 0.15) is 21.4 Å². The molecule has 0 saturated carbocycles. The number of alkyl halides is 3. The minimum Gasteiger partial charge on any atom is -0.508 e. The number of fused-ring (bicyclic) bond motifs is 1. The van der Waals surface area contributed by atoms with Crippen LogP contribution in [0.15, 0.2) is 53.4 Å². The second-order valence-electron chi connectivity index (χ2n) is 5.69. The molecular weight excluding hydrogens is 373 g/mol. The van der Waals surface area contributed by atoms with E-state index in [2.05, 4.69) is 5.32 Å². The number of aromatic hydroxyl groups is 1. The molecule has 0 bridgehead atoms. The molecule has 0 aliphatic heterocycles. The molecule has 9 heteroatoms. The van der Waals surface area contributed by atoms with Crippen LogP contribution in [0.4, 0.5) is 18.9 Å². The predicted molar refractivity (Wildman–Crippen MR) is 103 cm³/mol. The van der Waals surface area contributed by atoms with E-state index in [-0.39, 0.29) is 39.1 Å². The van der Waals surface area contributed by atoms with Crippen molar-refractivity contribution in [2.24, 2.45) is 0 Å². The Morgan fingerprint density at radius 2 is 1.70 bits per heavy atom. The maximum atomic E-state index is 12.5. The van der Waals surface area contributed by atoms with Crippen molar-refractivity contribution < 1.29 is 23.1 Å². The summed E-state index contributed by atoms with van der Waals surface area (Å²) in [5, 5.41) is 13.9. The van der Waals surface area contributed by atoms with Crippen molar-refractivity contribution in [3.8, 4) is 5.75 Å². The number of thioether (sulfide) groups is 1. The van der Waals surface area contributed by atoms with Gasteiger partial charge in [-0.05, 0) is 58.3 Å². The molecule has 0 aromatic heterocycles. The van der Waals surface area contributed by atoms with E-state index in [9.17, 15) is 23.1 Å². The lowest BCUT2D eigenvalue weighted by atomic mass is 9.84. The van der Waals surface area contributed by atoms with E-state index in [1.165, 1.54) is 30.3 Å². The second kappa shape index (κ2) is 7.23. The van der Waals surface area contributed by atoms with Crippen LogP contribution >= 0.6 is 11.8 Å². The summed E-state index contributed by atoms with van der Waals surface area (Å²) in [6, 6.07) is 11.5. The molecule has 3 rings (SSSR count). The van der Waals surface area contributed by atoms with Crippen LogP contribution in [0.3, 0.4) is 0 Å². The van der Waals surface area contributed by atoms with Gasteiger partial charge in [0.25, 0.3) is 5.91 Å². The number of halogens is 3. The third kappa shape index (κ3) is 4.42. The zero-order chi connectivity index (χ0) is 19.8. The van der Waals surface area contributed by atoms with Crippen LogP contribution in [0.25, 0.3) is 10.8 Å². The smallest absolute Gasteiger partial charge is 0.446 e. The number of amides is 1. The number of benzene rings is 3. The summed E-state index contributed by atoms with van der Waals surface area (Å²) < 4.78 is 37.1. The lowest BCUT2D eigenvalue weighted by Crippen LogP contribution is -2.17. The Labute approximate surface area is 159 Å². The number of carbonyl (C=O) groups excluding carboxylic acids is 1. The highest BCUT2D eigenvalue weighted by Gasteiger charge is 2.29. The van der Waals surface area contributed by atoms with Crippen LogP contribution in [0.5, 0.6) is 5.75 Å². The number of carbonyl (C=O) groups is 1. The fourth-order valence-corrected chi connectivity index (χ4v) is 3.09. The van der Waals surface area contributed by atoms with E-state index in [1.807, 2.05) is 0 Å². The Kier molecular flexibility index (Phi) is 5.15. The first kappa shape index (κ1) is 19.2. The summed E-state index contributed by atoms with van der Waals surface area (Å²) in [6.07, 6.45) is 0. The number of phenolic OH excluding ortho intramolecular Hbond substituents is 1. The first-order valence-electron chi connectivity index (χ1n) is 7.62. The average molecular weight is 383 g/mol. The van der Waals surface area contributed by atoms with Crippen molar-refractivity contribution in [1.29, 1.82) is 0 Å². The molecule has 3 nitrogen and oxygen atoms in total. The van der Waals surface area contributed by atoms with Gasteiger partial charge in [0.05, 0.1) is 5.56 Å². The van der Waals surface area contributed by atoms with Gasteiger partial charge in [0.2, 0.25) is 0 Å². The molecule has 1 amide bonds. The van der Waals surface area contributed by atoms with Crippen LogP contribution in [0.2, 0.25) is 0 Å². The SMILES string of the molecule is [B]c1ccc2c([B])c(O)c(C(=O)Nc3ccc(SC(F)(F)F)cc3)cc2c1. The van der Waals surface area contributed by atoms with Crippen molar-refractivity contribution >= 4 is 60.7 Å². The molecule has 27 heavy (non-hydrogen) atoms. The summed E-state index contributed by atoms with van der Waals surface area (Å²) in [5.74, 6) is -1.03. The molecule has 3 aromatic rings. The van der Waals surface area contributed by atoms with Gasteiger partial charge >= 0.3 is 5.51 Å². The molecule has 0 fully saturated rings. The van der Waals surface area contributed by atoms with Gasteiger partial charge in [-0.1, -0.05) is 23.7 Å². The second-order valence-corrected chi connectivity index (χ2v) is 6.83. The summed E-state index contributed by atoms with van der Waals surface area (Å²) >= 11 is -0.249. The Hall–Kier alpha value is -2.54. The van der Waals surface area contributed by atoms with Crippen molar-refractivity contribution in [3.63, 3.8) is 0 Å². The summed E-state index contributed by atoms with van der Waals surface area (Å²) in [7, 11) is 11.6. The van der Waals surface area contributed by atoms with Crippen LogP contribution in [-0.2, 0) is 0 Å². The van der Waals surface area contributed by atoms with Gasteiger partial charge in [0, 0.05) is 10.6 Å². The first-order chi connectivity index (χ1) is 12.6. The van der Waals surface area contributed by atoms with Gasteiger partial charge in [-0.3, -0.25) is 4.79 Å². The van der Waals surface area contributed by atoms with Crippen molar-refractivity contribution in [1.82, 2.24) is 0 Å². The lowest BCUT2D eigenvalue weighted by molar-refractivity contribution is -0.0328. The zero-order valence-electron chi connectivity index (χ0n) is 13.7. The first-order valence-corrected chi connectivity index (χ1v) is 8.43. The largest absolute Gasteiger partial charge is 0.508 e. The normalized spacial score (nSPS) is 11.5. The highest BCUT2D eigenvalue weighted by Crippen LogP contribution is 2.37. The highest BCUT2D eigenvalue weighted by molar-refractivity contribution is 8.00. The Balaban J connectivity index is 1.87. The van der Waals surface area contributed by atoms with Gasteiger partial charge in [-0.2, -0.15) is 13.2 Å². The van der Waals surface area contributed by atoms with Crippen molar-refractivity contribution in [2.75, 3.05) is 5.32 Å². The number of nitrogens with one attached hydrogen (secondary N) is 1. The number of anilines is 1. The lowest BCUT2D eigenvalue weighted by Gasteiger charge is -2.13. The summed E-state index contributed by atoms with van der Waals surface area (Å²) in [6.45, 7) is 0. The molecule has 0 aliphatic carbocycles. The van der Waals surface area contributed by atoms with Crippen molar-refractivity contribution in [3.05, 3.63) is 54.1 Å². The molecule has 0 atom stereocenters. The molecule has 4 radical (unpaired) electrons. The molecule has 0 heterocycles. The van der Waals surface area contributed by atoms with E-state index in [0.29, 0.717) is 16.2 Å². The third-order valence-corrected chi connectivity index (χ3v) is 4.51. The molecule has 2 N–H and O–H groups in total. The molecule has 3 aromatic carbocycles. The molecule has 0 saturated heterocycles. The van der Waals surface area contributed by atoms with Crippen LogP contribution in [0, 0.1) is 0 Å².